The number of nitrogens with zero attached hydrogens (tertiary/aromatic N) is 2. The lowest BCUT2D eigenvalue weighted by molar-refractivity contribution is 0.153. The third kappa shape index (κ3) is 4.41. The molecule has 2 aromatic carbocycles. The highest BCUT2D eigenvalue weighted by atomic mass is 15.2. The summed E-state index contributed by atoms with van der Waals surface area (Å²) in [5, 5.41) is 5.00. The average Bonchev–Trinajstić information content (AvgIpc) is 3.08. The van der Waals surface area contributed by atoms with Gasteiger partial charge in [-0.25, -0.2) is 0 Å². The summed E-state index contributed by atoms with van der Waals surface area (Å²) in [4.78, 5) is 8.62. The molecule has 0 amide bonds. The zero-order valence-corrected chi connectivity index (χ0v) is 16.2. The monoisotopic (exact) mass is 362 g/mol. The molecule has 2 heterocycles. The predicted octanol–water partition coefficient (Wildman–Crippen LogP) is 3.56. The molecule has 142 valence electrons. The van der Waals surface area contributed by atoms with Crippen molar-refractivity contribution < 1.29 is 0 Å². The van der Waals surface area contributed by atoms with Gasteiger partial charge < -0.3 is 20.1 Å². The van der Waals surface area contributed by atoms with Crippen LogP contribution in [-0.4, -0.2) is 61.1 Å². The van der Waals surface area contributed by atoms with E-state index in [1.807, 2.05) is 0 Å². The molecule has 0 radical (unpaired) electrons. The van der Waals surface area contributed by atoms with Gasteiger partial charge in [0.1, 0.15) is 0 Å². The van der Waals surface area contributed by atoms with Crippen LogP contribution in [0.4, 0.5) is 0 Å². The maximum atomic E-state index is 3.68. The molecule has 4 rings (SSSR count). The Morgan fingerprint density at radius 2 is 1.67 bits per heavy atom. The maximum Gasteiger partial charge on any atom is 0.0510 e. The highest BCUT2D eigenvalue weighted by Crippen LogP contribution is 2.30. The van der Waals surface area contributed by atoms with Gasteiger partial charge in [-0.2, -0.15) is 0 Å². The van der Waals surface area contributed by atoms with Crippen LogP contribution < -0.4 is 5.32 Å². The summed E-state index contributed by atoms with van der Waals surface area (Å²) in [6.07, 6.45) is 1.20. The molecule has 1 aliphatic rings. The number of fused-ring (bicyclic) bond motifs is 1. The first-order valence-electron chi connectivity index (χ1n) is 10.1. The topological polar surface area (TPSA) is 34.3 Å². The molecule has 0 aliphatic carbocycles. The lowest BCUT2D eigenvalue weighted by atomic mass is 10.1. The van der Waals surface area contributed by atoms with Gasteiger partial charge in [0.05, 0.1) is 5.69 Å². The molecule has 0 atom stereocenters. The van der Waals surface area contributed by atoms with Gasteiger partial charge in [0.15, 0.2) is 0 Å². The van der Waals surface area contributed by atoms with Gasteiger partial charge in [0, 0.05) is 43.6 Å². The molecule has 0 unspecified atom stereocenters. The third-order valence-electron chi connectivity index (χ3n) is 5.60. The Balaban J connectivity index is 1.38. The van der Waals surface area contributed by atoms with Crippen LogP contribution in [0, 0.1) is 0 Å². The van der Waals surface area contributed by atoms with Crippen LogP contribution in [0.2, 0.25) is 0 Å². The molecule has 3 aromatic rings. The van der Waals surface area contributed by atoms with E-state index in [0.717, 1.165) is 13.1 Å². The van der Waals surface area contributed by atoms with Gasteiger partial charge in [-0.1, -0.05) is 48.5 Å². The van der Waals surface area contributed by atoms with Crippen LogP contribution in [0.15, 0.2) is 54.6 Å². The van der Waals surface area contributed by atoms with Crippen molar-refractivity contribution in [1.29, 1.82) is 0 Å². The summed E-state index contributed by atoms with van der Waals surface area (Å²) in [5.41, 5.74) is 5.08. The number of aromatic nitrogens is 1. The quantitative estimate of drug-likeness (QED) is 0.631. The number of likely N-dealkylation sites (N-methyl/N-ethyl adjacent to an activating group) is 1. The van der Waals surface area contributed by atoms with E-state index in [1.165, 1.54) is 66.9 Å². The van der Waals surface area contributed by atoms with Gasteiger partial charge >= 0.3 is 0 Å². The summed E-state index contributed by atoms with van der Waals surface area (Å²) < 4.78 is 0. The number of H-pyrrole nitrogens is 1. The Labute approximate surface area is 162 Å². The van der Waals surface area contributed by atoms with Crippen LogP contribution in [-0.2, 0) is 6.54 Å². The van der Waals surface area contributed by atoms with Crippen LogP contribution in [0.3, 0.4) is 0 Å². The number of para-hydroxylation sites is 1. The second kappa shape index (κ2) is 8.70. The Morgan fingerprint density at radius 1 is 0.926 bits per heavy atom. The lowest BCUT2D eigenvalue weighted by Crippen LogP contribution is -2.45. The Morgan fingerprint density at radius 3 is 2.48 bits per heavy atom. The van der Waals surface area contributed by atoms with Crippen LogP contribution in [0.25, 0.3) is 22.2 Å². The summed E-state index contributed by atoms with van der Waals surface area (Å²) in [7, 11) is 2.21. The number of benzene rings is 2. The Hall–Kier alpha value is -2.14. The molecule has 1 fully saturated rings. The fourth-order valence-corrected chi connectivity index (χ4v) is 3.95. The number of hydrogen-bond donors (Lipinski definition) is 2. The fraction of sp³-hybridized carbons (Fsp3) is 0.391. The van der Waals surface area contributed by atoms with E-state index in [2.05, 4.69) is 81.7 Å². The van der Waals surface area contributed by atoms with Crippen molar-refractivity contribution in [3.05, 3.63) is 60.2 Å². The van der Waals surface area contributed by atoms with E-state index < -0.39 is 0 Å². The minimum atomic E-state index is 0.900. The second-order valence-electron chi connectivity index (χ2n) is 7.57. The fourth-order valence-electron chi connectivity index (χ4n) is 3.95. The molecule has 4 heteroatoms. The smallest absolute Gasteiger partial charge is 0.0510 e. The highest BCUT2D eigenvalue weighted by molar-refractivity contribution is 5.90. The van der Waals surface area contributed by atoms with E-state index in [9.17, 15) is 0 Å². The molecule has 4 nitrogen and oxygen atoms in total. The predicted molar refractivity (Wildman–Crippen MR) is 114 cm³/mol. The van der Waals surface area contributed by atoms with Gasteiger partial charge in [0.2, 0.25) is 0 Å². The minimum Gasteiger partial charge on any atom is -0.354 e. The van der Waals surface area contributed by atoms with Crippen LogP contribution in [0.1, 0.15) is 12.0 Å². The molecule has 2 N–H and O–H groups in total. The number of rotatable bonds is 7. The van der Waals surface area contributed by atoms with Crippen molar-refractivity contribution in [1.82, 2.24) is 20.1 Å². The van der Waals surface area contributed by atoms with Gasteiger partial charge in [-0.05, 0) is 43.8 Å². The molecule has 1 aliphatic heterocycles. The summed E-state index contributed by atoms with van der Waals surface area (Å²) in [6, 6.07) is 19.3. The third-order valence-corrected chi connectivity index (χ3v) is 5.60. The van der Waals surface area contributed by atoms with Crippen LogP contribution in [0.5, 0.6) is 0 Å². The number of aromatic amines is 1. The van der Waals surface area contributed by atoms with E-state index in [4.69, 9.17) is 0 Å². The number of piperazine rings is 1. The normalized spacial score (nSPS) is 16.2. The Kier molecular flexibility index (Phi) is 5.87. The second-order valence-corrected chi connectivity index (χ2v) is 7.57. The first-order chi connectivity index (χ1) is 13.3. The molecule has 27 heavy (non-hydrogen) atoms. The number of hydrogen-bond acceptors (Lipinski definition) is 3. The average molecular weight is 363 g/mol. The summed E-state index contributed by atoms with van der Waals surface area (Å²) in [6.45, 7) is 7.96. The zero-order valence-electron chi connectivity index (χ0n) is 16.2. The van der Waals surface area contributed by atoms with Gasteiger partial charge in [-0.3, -0.25) is 0 Å². The molecule has 0 bridgehead atoms. The van der Waals surface area contributed by atoms with E-state index >= 15 is 0 Å². The lowest BCUT2D eigenvalue weighted by Gasteiger charge is -2.32. The van der Waals surface area contributed by atoms with Crippen LogP contribution >= 0.6 is 0 Å². The first kappa shape index (κ1) is 18.2. The molecule has 0 saturated carbocycles. The maximum absolute atomic E-state index is 3.68. The zero-order chi connectivity index (χ0) is 18.5. The van der Waals surface area contributed by atoms with Crippen molar-refractivity contribution in [2.75, 3.05) is 46.3 Å². The molecular weight excluding hydrogens is 332 g/mol. The molecular formula is C23H30N4. The van der Waals surface area contributed by atoms with Gasteiger partial charge in [0.25, 0.3) is 0 Å². The van der Waals surface area contributed by atoms with Gasteiger partial charge in [-0.15, -0.1) is 0 Å². The summed E-state index contributed by atoms with van der Waals surface area (Å²) in [5.74, 6) is 0. The van der Waals surface area contributed by atoms with Crippen molar-refractivity contribution in [3.63, 3.8) is 0 Å². The first-order valence-corrected chi connectivity index (χ1v) is 10.1. The van der Waals surface area contributed by atoms with Crippen molar-refractivity contribution >= 4 is 10.9 Å². The largest absolute Gasteiger partial charge is 0.354 e. The Bertz CT molecular complexity index is 847. The summed E-state index contributed by atoms with van der Waals surface area (Å²) >= 11 is 0. The van der Waals surface area contributed by atoms with Crippen molar-refractivity contribution in [2.45, 2.75) is 13.0 Å². The highest BCUT2D eigenvalue weighted by Gasteiger charge is 2.14. The molecule has 1 saturated heterocycles. The van der Waals surface area contributed by atoms with Crippen molar-refractivity contribution in [3.8, 4) is 11.3 Å². The van der Waals surface area contributed by atoms with E-state index in [-0.39, 0.29) is 0 Å². The number of nitrogens with one attached hydrogen (secondary N) is 2. The standard InChI is InChI=1S/C23H30N4/c1-26-14-16-27(17-15-26)13-7-12-24-18-21-20-10-5-6-11-22(20)25-23(21)19-8-3-2-4-9-19/h2-6,8-11,24-25H,7,12-18H2,1H3. The molecule has 0 spiro atoms. The van der Waals surface area contributed by atoms with E-state index in [1.54, 1.807) is 0 Å². The van der Waals surface area contributed by atoms with E-state index in [0.29, 0.717) is 0 Å². The SMILES string of the molecule is CN1CCN(CCCNCc2c(-c3ccccc3)[nH]c3ccccc23)CC1. The molecule has 1 aromatic heterocycles. The minimum absolute atomic E-state index is 0.900. The van der Waals surface area contributed by atoms with Crippen molar-refractivity contribution in [2.24, 2.45) is 0 Å².